The topological polar surface area (TPSA) is 87.8 Å². The van der Waals surface area contributed by atoms with Crippen LogP contribution >= 0.6 is 0 Å². The first kappa shape index (κ1) is 17.1. The second kappa shape index (κ2) is 7.45. The van der Waals surface area contributed by atoms with E-state index < -0.39 is 5.91 Å². The molecule has 1 aromatic heterocycles. The van der Waals surface area contributed by atoms with Gasteiger partial charge in [0.25, 0.3) is 5.56 Å². The van der Waals surface area contributed by atoms with Gasteiger partial charge in [-0.2, -0.15) is 10.4 Å². The van der Waals surface area contributed by atoms with E-state index in [1.54, 1.807) is 30.3 Å². The molecule has 1 heterocycles. The number of para-hydroxylation sites is 1. The van der Waals surface area contributed by atoms with Crippen molar-refractivity contribution >= 4 is 11.6 Å². The van der Waals surface area contributed by atoms with E-state index in [9.17, 15) is 9.59 Å². The number of rotatable bonds is 4. The maximum atomic E-state index is 12.3. The van der Waals surface area contributed by atoms with Gasteiger partial charge in [0, 0.05) is 11.6 Å². The monoisotopic (exact) mass is 344 g/mol. The molecule has 0 saturated carbocycles. The van der Waals surface area contributed by atoms with Crippen LogP contribution in [0.4, 0.5) is 5.69 Å². The predicted molar refractivity (Wildman–Crippen MR) is 98.5 cm³/mol. The molecule has 3 rings (SSSR count). The Kier molecular flexibility index (Phi) is 4.90. The first-order valence-corrected chi connectivity index (χ1v) is 8.01. The van der Waals surface area contributed by atoms with Gasteiger partial charge in [0.2, 0.25) is 5.91 Å². The molecular formula is C20H16N4O2. The molecule has 0 aliphatic heterocycles. The van der Waals surface area contributed by atoms with Crippen molar-refractivity contribution in [3.05, 3.63) is 82.1 Å². The van der Waals surface area contributed by atoms with Gasteiger partial charge in [0.05, 0.1) is 16.9 Å². The number of carbonyl (C=O) groups excluding carboxylic acids is 1. The number of nitrogens with zero attached hydrogens (tertiary/aromatic N) is 3. The van der Waals surface area contributed by atoms with E-state index in [2.05, 4.69) is 10.4 Å². The van der Waals surface area contributed by atoms with Gasteiger partial charge in [0.15, 0.2) is 0 Å². The van der Waals surface area contributed by atoms with Crippen LogP contribution in [-0.4, -0.2) is 15.7 Å². The van der Waals surface area contributed by atoms with Crippen molar-refractivity contribution in [3.8, 4) is 17.3 Å². The van der Waals surface area contributed by atoms with Gasteiger partial charge in [-0.05, 0) is 25.1 Å². The molecule has 0 unspecified atom stereocenters. The Morgan fingerprint density at radius 3 is 2.58 bits per heavy atom. The molecule has 0 bridgehead atoms. The van der Waals surface area contributed by atoms with Crippen LogP contribution in [0.15, 0.2) is 65.5 Å². The van der Waals surface area contributed by atoms with Crippen molar-refractivity contribution in [1.29, 1.82) is 5.26 Å². The molecule has 0 atom stereocenters. The minimum absolute atomic E-state index is 0.238. The molecule has 1 amide bonds. The molecule has 128 valence electrons. The Balaban J connectivity index is 1.82. The normalized spacial score (nSPS) is 10.2. The molecule has 0 aliphatic carbocycles. The minimum atomic E-state index is -0.427. The molecule has 0 radical (unpaired) electrons. The molecule has 6 heteroatoms. The van der Waals surface area contributed by atoms with Gasteiger partial charge in [0.1, 0.15) is 12.6 Å². The summed E-state index contributed by atoms with van der Waals surface area (Å²) < 4.78 is 1.11. The highest BCUT2D eigenvalue weighted by molar-refractivity contribution is 5.91. The Morgan fingerprint density at radius 1 is 1.12 bits per heavy atom. The number of carbonyl (C=O) groups is 1. The van der Waals surface area contributed by atoms with Crippen LogP contribution in [0.3, 0.4) is 0 Å². The summed E-state index contributed by atoms with van der Waals surface area (Å²) in [6.07, 6.45) is 0. The Bertz CT molecular complexity index is 1050. The van der Waals surface area contributed by atoms with Crippen molar-refractivity contribution < 1.29 is 4.79 Å². The third kappa shape index (κ3) is 3.84. The maximum absolute atomic E-state index is 12.3. The fourth-order valence-corrected chi connectivity index (χ4v) is 2.46. The van der Waals surface area contributed by atoms with Crippen LogP contribution in [0, 0.1) is 18.3 Å². The first-order chi connectivity index (χ1) is 12.6. The number of aryl methyl sites for hydroxylation is 1. The third-order valence-electron chi connectivity index (χ3n) is 3.83. The van der Waals surface area contributed by atoms with E-state index in [-0.39, 0.29) is 12.1 Å². The molecule has 6 nitrogen and oxygen atoms in total. The number of amides is 1. The van der Waals surface area contributed by atoms with Crippen molar-refractivity contribution in [3.63, 3.8) is 0 Å². The highest BCUT2D eigenvalue weighted by Gasteiger charge is 2.10. The van der Waals surface area contributed by atoms with Crippen LogP contribution in [-0.2, 0) is 11.3 Å². The SMILES string of the molecule is Cc1ccc(-c2ccc(=O)n(CC(=O)Nc3ccccc3C#N)n2)cc1. The zero-order chi connectivity index (χ0) is 18.5. The predicted octanol–water partition coefficient (Wildman–Crippen LogP) is 2.73. The summed E-state index contributed by atoms with van der Waals surface area (Å²) in [4.78, 5) is 24.3. The number of hydrogen-bond acceptors (Lipinski definition) is 4. The van der Waals surface area contributed by atoms with Crippen LogP contribution in [0.2, 0.25) is 0 Å². The zero-order valence-corrected chi connectivity index (χ0v) is 14.1. The van der Waals surface area contributed by atoms with E-state index in [1.807, 2.05) is 37.3 Å². The smallest absolute Gasteiger partial charge is 0.267 e. The Hall–Kier alpha value is -3.72. The third-order valence-corrected chi connectivity index (χ3v) is 3.83. The van der Waals surface area contributed by atoms with Crippen LogP contribution < -0.4 is 10.9 Å². The van der Waals surface area contributed by atoms with Gasteiger partial charge in [-0.3, -0.25) is 9.59 Å². The quantitative estimate of drug-likeness (QED) is 0.788. The lowest BCUT2D eigenvalue weighted by molar-refractivity contribution is -0.117. The van der Waals surface area contributed by atoms with Gasteiger partial charge in [-0.1, -0.05) is 42.0 Å². The summed E-state index contributed by atoms with van der Waals surface area (Å²) >= 11 is 0. The van der Waals surface area contributed by atoms with Crippen LogP contribution in [0.25, 0.3) is 11.3 Å². The zero-order valence-electron chi connectivity index (χ0n) is 14.1. The molecule has 1 N–H and O–H groups in total. The Labute approximate surface area is 150 Å². The average molecular weight is 344 g/mol. The van der Waals surface area contributed by atoms with E-state index >= 15 is 0 Å². The summed E-state index contributed by atoms with van der Waals surface area (Å²) in [6.45, 7) is 1.75. The molecule has 0 aliphatic rings. The summed E-state index contributed by atoms with van der Waals surface area (Å²) in [5.41, 5.74) is 2.98. The maximum Gasteiger partial charge on any atom is 0.267 e. The fraction of sp³-hybridized carbons (Fsp3) is 0.100. The molecule has 0 fully saturated rings. The summed E-state index contributed by atoms with van der Waals surface area (Å²) in [5.74, 6) is -0.427. The lowest BCUT2D eigenvalue weighted by Crippen LogP contribution is -2.29. The first-order valence-electron chi connectivity index (χ1n) is 8.01. The highest BCUT2D eigenvalue weighted by atomic mass is 16.2. The summed E-state index contributed by atoms with van der Waals surface area (Å²) in [6, 6.07) is 19.4. The molecule has 26 heavy (non-hydrogen) atoms. The number of anilines is 1. The lowest BCUT2D eigenvalue weighted by atomic mass is 10.1. The largest absolute Gasteiger partial charge is 0.323 e. The van der Waals surface area contributed by atoms with Crippen molar-refractivity contribution in [2.75, 3.05) is 5.32 Å². The molecule has 0 saturated heterocycles. The van der Waals surface area contributed by atoms with Crippen molar-refractivity contribution in [2.45, 2.75) is 13.5 Å². The summed E-state index contributed by atoms with van der Waals surface area (Å²) in [5, 5.41) is 16.0. The van der Waals surface area contributed by atoms with E-state index in [4.69, 9.17) is 5.26 Å². The fourth-order valence-electron chi connectivity index (χ4n) is 2.46. The summed E-state index contributed by atoms with van der Waals surface area (Å²) in [7, 11) is 0. The van der Waals surface area contributed by atoms with E-state index in [1.165, 1.54) is 6.07 Å². The number of nitrogens with one attached hydrogen (secondary N) is 1. The lowest BCUT2D eigenvalue weighted by Gasteiger charge is -2.09. The second-order valence-electron chi connectivity index (χ2n) is 5.79. The number of aromatic nitrogens is 2. The van der Waals surface area contributed by atoms with Crippen molar-refractivity contribution in [2.24, 2.45) is 0 Å². The average Bonchev–Trinajstić information content (AvgIpc) is 2.64. The highest BCUT2D eigenvalue weighted by Crippen LogP contribution is 2.16. The van der Waals surface area contributed by atoms with E-state index in [0.717, 1.165) is 15.8 Å². The number of hydrogen-bond donors (Lipinski definition) is 1. The Morgan fingerprint density at radius 2 is 1.85 bits per heavy atom. The number of benzene rings is 2. The van der Waals surface area contributed by atoms with Crippen LogP contribution in [0.1, 0.15) is 11.1 Å². The van der Waals surface area contributed by atoms with Gasteiger partial charge >= 0.3 is 0 Å². The van der Waals surface area contributed by atoms with Gasteiger partial charge in [-0.15, -0.1) is 0 Å². The van der Waals surface area contributed by atoms with Crippen molar-refractivity contribution in [1.82, 2.24) is 9.78 Å². The standard InChI is InChI=1S/C20H16N4O2/c1-14-6-8-15(9-7-14)18-10-11-20(26)24(23-18)13-19(25)22-17-5-3-2-4-16(17)12-21/h2-11H,13H2,1H3,(H,22,25). The van der Waals surface area contributed by atoms with Crippen LogP contribution in [0.5, 0.6) is 0 Å². The second-order valence-corrected chi connectivity index (χ2v) is 5.79. The minimum Gasteiger partial charge on any atom is -0.323 e. The molecule has 3 aromatic rings. The van der Waals surface area contributed by atoms with Gasteiger partial charge in [-0.25, -0.2) is 4.68 Å². The van der Waals surface area contributed by atoms with E-state index in [0.29, 0.717) is 16.9 Å². The number of nitriles is 1. The molecule has 2 aromatic carbocycles. The molecule has 0 spiro atoms. The van der Waals surface area contributed by atoms with Gasteiger partial charge < -0.3 is 5.32 Å². The molecular weight excluding hydrogens is 328 g/mol.